The number of benzene rings is 2. The van der Waals surface area contributed by atoms with Crippen LogP contribution in [0.1, 0.15) is 5.56 Å². The van der Waals surface area contributed by atoms with Crippen molar-refractivity contribution in [1.82, 2.24) is 4.90 Å². The van der Waals surface area contributed by atoms with E-state index in [2.05, 4.69) is 59.5 Å². The van der Waals surface area contributed by atoms with E-state index in [0.29, 0.717) is 0 Å². The van der Waals surface area contributed by atoms with Crippen LogP contribution in [-0.4, -0.2) is 37.7 Å². The van der Waals surface area contributed by atoms with Gasteiger partial charge in [0.05, 0.1) is 13.2 Å². The molecule has 0 unspecified atom stereocenters. The first kappa shape index (κ1) is 13.3. The maximum Gasteiger partial charge on any atom is 0.0594 e. The summed E-state index contributed by atoms with van der Waals surface area (Å²) in [5, 5.41) is 0. The second-order valence-corrected chi connectivity index (χ2v) is 5.27. The number of morpholine rings is 1. The summed E-state index contributed by atoms with van der Waals surface area (Å²) < 4.78 is 5.37. The van der Waals surface area contributed by atoms with Crippen LogP contribution in [0.15, 0.2) is 54.6 Å². The highest BCUT2D eigenvalue weighted by Gasteiger charge is 2.09. The second-order valence-electron chi connectivity index (χ2n) is 5.27. The van der Waals surface area contributed by atoms with Crippen LogP contribution in [0.2, 0.25) is 0 Å². The topological polar surface area (TPSA) is 12.5 Å². The van der Waals surface area contributed by atoms with Gasteiger partial charge in [0.2, 0.25) is 0 Å². The normalized spacial score (nSPS) is 16.2. The van der Waals surface area contributed by atoms with Crippen LogP contribution in [0.5, 0.6) is 0 Å². The molecule has 0 atom stereocenters. The van der Waals surface area contributed by atoms with Crippen LogP contribution >= 0.6 is 0 Å². The van der Waals surface area contributed by atoms with Gasteiger partial charge in [-0.3, -0.25) is 4.90 Å². The Morgan fingerprint density at radius 3 is 2.15 bits per heavy atom. The van der Waals surface area contributed by atoms with Crippen molar-refractivity contribution >= 4 is 0 Å². The van der Waals surface area contributed by atoms with E-state index in [1.54, 1.807) is 0 Å². The number of ether oxygens (including phenoxy) is 1. The summed E-state index contributed by atoms with van der Waals surface area (Å²) in [5.41, 5.74) is 3.99. The highest BCUT2D eigenvalue weighted by molar-refractivity contribution is 5.63. The minimum atomic E-state index is 0.882. The summed E-state index contributed by atoms with van der Waals surface area (Å²) in [6.45, 7) is 5.04. The molecule has 0 spiro atoms. The standard InChI is InChI=1S/C18H21NO/c1-2-4-17(5-3-1)18-8-6-16(7-9-18)10-11-19-12-14-20-15-13-19/h1-9H,10-15H2. The molecule has 0 bridgehead atoms. The van der Waals surface area contributed by atoms with Crippen molar-refractivity contribution in [2.24, 2.45) is 0 Å². The Morgan fingerprint density at radius 1 is 0.800 bits per heavy atom. The molecule has 20 heavy (non-hydrogen) atoms. The Balaban J connectivity index is 1.58. The summed E-state index contributed by atoms with van der Waals surface area (Å²) in [4.78, 5) is 2.48. The highest BCUT2D eigenvalue weighted by atomic mass is 16.5. The van der Waals surface area contributed by atoms with Crippen molar-refractivity contribution in [3.05, 3.63) is 60.2 Å². The summed E-state index contributed by atoms with van der Waals surface area (Å²) >= 11 is 0. The van der Waals surface area contributed by atoms with Crippen molar-refractivity contribution in [1.29, 1.82) is 0 Å². The van der Waals surface area contributed by atoms with E-state index < -0.39 is 0 Å². The van der Waals surface area contributed by atoms with Crippen molar-refractivity contribution in [3.8, 4) is 11.1 Å². The molecule has 3 rings (SSSR count). The predicted octanol–water partition coefficient (Wildman–Crippen LogP) is 3.23. The van der Waals surface area contributed by atoms with Gasteiger partial charge < -0.3 is 4.74 Å². The molecule has 2 aromatic rings. The molecule has 0 aliphatic carbocycles. The molecular formula is C18H21NO. The van der Waals surface area contributed by atoms with Gasteiger partial charge in [0.1, 0.15) is 0 Å². The molecule has 2 heteroatoms. The van der Waals surface area contributed by atoms with Crippen LogP contribution < -0.4 is 0 Å². The van der Waals surface area contributed by atoms with Crippen LogP contribution in [0.4, 0.5) is 0 Å². The third-order valence-electron chi connectivity index (χ3n) is 3.88. The molecule has 0 radical (unpaired) electrons. The first-order valence-electron chi connectivity index (χ1n) is 7.36. The van der Waals surface area contributed by atoms with Crippen LogP contribution in [0.3, 0.4) is 0 Å². The number of hydrogen-bond acceptors (Lipinski definition) is 2. The van der Waals surface area contributed by atoms with Crippen LogP contribution in [0.25, 0.3) is 11.1 Å². The Hall–Kier alpha value is -1.64. The molecule has 104 valence electrons. The molecule has 2 aromatic carbocycles. The monoisotopic (exact) mass is 267 g/mol. The van der Waals surface area contributed by atoms with Gasteiger partial charge in [0, 0.05) is 19.6 Å². The maximum absolute atomic E-state index is 5.37. The first-order valence-corrected chi connectivity index (χ1v) is 7.36. The minimum absolute atomic E-state index is 0.882. The number of nitrogens with zero attached hydrogens (tertiary/aromatic N) is 1. The molecular weight excluding hydrogens is 246 g/mol. The largest absolute Gasteiger partial charge is 0.379 e. The lowest BCUT2D eigenvalue weighted by atomic mass is 10.0. The van der Waals surface area contributed by atoms with E-state index in [1.807, 2.05) is 0 Å². The van der Waals surface area contributed by atoms with E-state index >= 15 is 0 Å². The Morgan fingerprint density at radius 2 is 1.45 bits per heavy atom. The SMILES string of the molecule is c1ccc(-c2ccc(CCN3CCOCC3)cc2)cc1. The zero-order chi connectivity index (χ0) is 13.6. The van der Waals surface area contributed by atoms with Crippen molar-refractivity contribution in [2.45, 2.75) is 6.42 Å². The van der Waals surface area contributed by atoms with E-state index in [1.165, 1.54) is 16.7 Å². The summed E-state index contributed by atoms with van der Waals surface area (Å²) in [6.07, 6.45) is 1.12. The van der Waals surface area contributed by atoms with E-state index in [4.69, 9.17) is 4.74 Å². The number of rotatable bonds is 4. The first-order chi connectivity index (χ1) is 9.92. The van der Waals surface area contributed by atoms with E-state index in [-0.39, 0.29) is 0 Å². The zero-order valence-corrected chi connectivity index (χ0v) is 11.8. The van der Waals surface area contributed by atoms with Gasteiger partial charge >= 0.3 is 0 Å². The molecule has 2 nitrogen and oxygen atoms in total. The third-order valence-corrected chi connectivity index (χ3v) is 3.88. The fourth-order valence-electron chi connectivity index (χ4n) is 2.61. The molecule has 1 fully saturated rings. The van der Waals surface area contributed by atoms with Gasteiger partial charge in [0.15, 0.2) is 0 Å². The molecule has 1 heterocycles. The summed E-state index contributed by atoms with van der Waals surface area (Å²) in [6, 6.07) is 19.5. The van der Waals surface area contributed by atoms with Gasteiger partial charge in [-0.05, 0) is 23.1 Å². The average Bonchev–Trinajstić information content (AvgIpc) is 2.55. The molecule has 0 N–H and O–H groups in total. The average molecular weight is 267 g/mol. The highest BCUT2D eigenvalue weighted by Crippen LogP contribution is 2.19. The van der Waals surface area contributed by atoms with Crippen LogP contribution in [0, 0.1) is 0 Å². The predicted molar refractivity (Wildman–Crippen MR) is 82.8 cm³/mol. The Bertz CT molecular complexity index is 515. The van der Waals surface area contributed by atoms with Crippen molar-refractivity contribution in [2.75, 3.05) is 32.8 Å². The molecule has 0 saturated carbocycles. The Kier molecular flexibility index (Phi) is 4.46. The molecule has 1 saturated heterocycles. The van der Waals surface area contributed by atoms with Gasteiger partial charge in [0.25, 0.3) is 0 Å². The number of hydrogen-bond donors (Lipinski definition) is 0. The zero-order valence-electron chi connectivity index (χ0n) is 11.8. The summed E-state index contributed by atoms with van der Waals surface area (Å²) in [7, 11) is 0. The van der Waals surface area contributed by atoms with Gasteiger partial charge in [-0.15, -0.1) is 0 Å². The fraction of sp³-hybridized carbons (Fsp3) is 0.333. The van der Waals surface area contributed by atoms with Crippen molar-refractivity contribution < 1.29 is 4.74 Å². The van der Waals surface area contributed by atoms with Crippen LogP contribution in [-0.2, 0) is 11.2 Å². The lowest BCUT2D eigenvalue weighted by Crippen LogP contribution is -2.37. The lowest BCUT2D eigenvalue weighted by Gasteiger charge is -2.26. The van der Waals surface area contributed by atoms with Gasteiger partial charge in [-0.2, -0.15) is 0 Å². The van der Waals surface area contributed by atoms with E-state index in [9.17, 15) is 0 Å². The third kappa shape index (κ3) is 3.47. The second kappa shape index (κ2) is 6.69. The minimum Gasteiger partial charge on any atom is -0.379 e. The van der Waals surface area contributed by atoms with Gasteiger partial charge in [-0.25, -0.2) is 0 Å². The summed E-state index contributed by atoms with van der Waals surface area (Å²) in [5.74, 6) is 0. The molecule has 0 aromatic heterocycles. The lowest BCUT2D eigenvalue weighted by molar-refractivity contribution is 0.0384. The van der Waals surface area contributed by atoms with E-state index in [0.717, 1.165) is 39.3 Å². The quantitative estimate of drug-likeness (QED) is 0.843. The molecule has 1 aliphatic rings. The maximum atomic E-state index is 5.37. The van der Waals surface area contributed by atoms with Gasteiger partial charge in [-0.1, -0.05) is 54.6 Å². The Labute approximate surface area is 121 Å². The smallest absolute Gasteiger partial charge is 0.0594 e. The fourth-order valence-corrected chi connectivity index (χ4v) is 2.61. The molecule has 1 aliphatic heterocycles. The van der Waals surface area contributed by atoms with Crippen molar-refractivity contribution in [3.63, 3.8) is 0 Å². The molecule has 0 amide bonds.